The van der Waals surface area contributed by atoms with Crippen LogP contribution in [0, 0.1) is 0 Å². The quantitative estimate of drug-likeness (QED) is 0.394. The maximum atomic E-state index is 10.5. The van der Waals surface area contributed by atoms with Crippen molar-refractivity contribution in [1.82, 2.24) is 5.06 Å². The molecule has 1 amide bonds. The summed E-state index contributed by atoms with van der Waals surface area (Å²) in [6, 6.07) is 0. The molecule has 0 aliphatic carbocycles. The molecule has 3 heteroatoms. The minimum absolute atomic E-state index is 0.331. The van der Waals surface area contributed by atoms with E-state index in [9.17, 15) is 4.79 Å². The molecule has 3 nitrogen and oxygen atoms in total. The van der Waals surface area contributed by atoms with Crippen molar-refractivity contribution in [3.05, 3.63) is 0 Å². The molecule has 54 valence electrons. The van der Waals surface area contributed by atoms with Crippen molar-refractivity contribution in [2.75, 3.05) is 0 Å². The minimum atomic E-state index is -0.480. The number of hydrogen-bond donors (Lipinski definition) is 1. The molecule has 0 aromatic heterocycles. The second-order valence-electron chi connectivity index (χ2n) is 3.00. The summed E-state index contributed by atoms with van der Waals surface area (Å²) < 4.78 is 0. The molecule has 0 unspecified atom stereocenters. The first-order valence-corrected chi connectivity index (χ1v) is 2.85. The van der Waals surface area contributed by atoms with Crippen LogP contribution in [0.4, 0.5) is 0 Å². The summed E-state index contributed by atoms with van der Waals surface area (Å²) in [5.74, 6) is -0.331. The third-order valence-corrected chi connectivity index (χ3v) is 0.934. The van der Waals surface area contributed by atoms with E-state index in [-0.39, 0.29) is 5.91 Å². The van der Waals surface area contributed by atoms with Crippen LogP contribution >= 0.6 is 0 Å². The maximum absolute atomic E-state index is 10.5. The molecule has 0 aromatic carbocycles. The molecule has 0 aliphatic rings. The summed E-state index contributed by atoms with van der Waals surface area (Å²) in [5.41, 5.74) is -0.480. The fourth-order valence-electron chi connectivity index (χ4n) is 0.472. The largest absolute Gasteiger partial charge is 0.285 e. The lowest BCUT2D eigenvalue weighted by atomic mass is 10.1. The van der Waals surface area contributed by atoms with Gasteiger partial charge in [-0.25, -0.2) is 5.06 Å². The van der Waals surface area contributed by atoms with E-state index in [4.69, 9.17) is 5.21 Å². The summed E-state index contributed by atoms with van der Waals surface area (Å²) >= 11 is 0. The molecule has 0 rings (SSSR count). The Labute approximate surface area is 55.2 Å². The van der Waals surface area contributed by atoms with Gasteiger partial charge in [0.05, 0.1) is 5.54 Å². The van der Waals surface area contributed by atoms with Gasteiger partial charge in [-0.1, -0.05) is 0 Å². The lowest BCUT2D eigenvalue weighted by Crippen LogP contribution is -2.41. The van der Waals surface area contributed by atoms with E-state index in [0.717, 1.165) is 0 Å². The van der Waals surface area contributed by atoms with Crippen LogP contribution in [-0.4, -0.2) is 21.7 Å². The summed E-state index contributed by atoms with van der Waals surface area (Å²) in [6.07, 6.45) is 0. The normalized spacial score (nSPS) is 11.2. The van der Waals surface area contributed by atoms with Gasteiger partial charge < -0.3 is 0 Å². The number of rotatable bonds is 0. The Kier molecular flexibility index (Phi) is 2.20. The topological polar surface area (TPSA) is 40.5 Å². The predicted octanol–water partition coefficient (Wildman–Crippen LogP) is 1.02. The SMILES string of the molecule is CC(=O)N(O)C(C)(C)C. The van der Waals surface area contributed by atoms with Crippen LogP contribution in [0.2, 0.25) is 0 Å². The Morgan fingerprint density at radius 2 is 1.78 bits per heavy atom. The molecule has 0 heterocycles. The molecular formula is C6H13NO2. The smallest absolute Gasteiger partial charge is 0.243 e. The van der Waals surface area contributed by atoms with Crippen LogP contribution in [0.15, 0.2) is 0 Å². The van der Waals surface area contributed by atoms with Crippen LogP contribution in [-0.2, 0) is 4.79 Å². The Morgan fingerprint density at radius 3 is 1.78 bits per heavy atom. The van der Waals surface area contributed by atoms with E-state index < -0.39 is 5.54 Å². The Hall–Kier alpha value is -0.570. The highest BCUT2D eigenvalue weighted by Gasteiger charge is 2.21. The minimum Gasteiger partial charge on any atom is -0.285 e. The molecule has 9 heavy (non-hydrogen) atoms. The van der Waals surface area contributed by atoms with Gasteiger partial charge in [-0.2, -0.15) is 0 Å². The van der Waals surface area contributed by atoms with Crippen LogP contribution < -0.4 is 0 Å². The van der Waals surface area contributed by atoms with Crippen molar-refractivity contribution >= 4 is 5.91 Å². The highest BCUT2D eigenvalue weighted by Crippen LogP contribution is 2.08. The standard InChI is InChI=1S/C6H13NO2/c1-5(8)7(9)6(2,3)4/h9H,1-4H3. The van der Waals surface area contributed by atoms with Gasteiger partial charge in [-0.05, 0) is 20.8 Å². The molecule has 0 bridgehead atoms. The third kappa shape index (κ3) is 2.46. The summed E-state index contributed by atoms with van der Waals surface area (Å²) in [4.78, 5) is 10.5. The number of carbonyl (C=O) groups excluding carboxylic acids is 1. The van der Waals surface area contributed by atoms with E-state index in [2.05, 4.69) is 0 Å². The van der Waals surface area contributed by atoms with Crippen molar-refractivity contribution in [1.29, 1.82) is 0 Å². The lowest BCUT2D eigenvalue weighted by molar-refractivity contribution is -0.184. The van der Waals surface area contributed by atoms with E-state index in [0.29, 0.717) is 5.06 Å². The van der Waals surface area contributed by atoms with Crippen molar-refractivity contribution < 1.29 is 10.0 Å². The summed E-state index contributed by atoms with van der Waals surface area (Å²) in [7, 11) is 0. The Bertz CT molecular complexity index is 115. The van der Waals surface area contributed by atoms with Gasteiger partial charge in [0.2, 0.25) is 5.91 Å². The van der Waals surface area contributed by atoms with Crippen LogP contribution in [0.25, 0.3) is 0 Å². The number of carbonyl (C=O) groups is 1. The Balaban J connectivity index is 4.04. The van der Waals surface area contributed by atoms with Gasteiger partial charge in [-0.15, -0.1) is 0 Å². The first kappa shape index (κ1) is 8.43. The molecule has 0 aromatic rings. The zero-order valence-electron chi connectivity index (χ0n) is 6.30. The van der Waals surface area contributed by atoms with Gasteiger partial charge >= 0.3 is 0 Å². The zero-order valence-corrected chi connectivity index (χ0v) is 6.30. The third-order valence-electron chi connectivity index (χ3n) is 0.934. The van der Waals surface area contributed by atoms with Crippen LogP contribution in [0.3, 0.4) is 0 Å². The van der Waals surface area contributed by atoms with Crippen molar-refractivity contribution in [2.24, 2.45) is 0 Å². The average molecular weight is 131 g/mol. The van der Waals surface area contributed by atoms with Crippen LogP contribution in [0.1, 0.15) is 27.7 Å². The Morgan fingerprint density at radius 1 is 1.44 bits per heavy atom. The highest BCUT2D eigenvalue weighted by molar-refractivity contribution is 5.72. The van der Waals surface area contributed by atoms with Gasteiger partial charge in [-0.3, -0.25) is 10.0 Å². The summed E-state index contributed by atoms with van der Waals surface area (Å²) in [5, 5.41) is 9.66. The van der Waals surface area contributed by atoms with E-state index >= 15 is 0 Å². The average Bonchev–Trinajstić information content (AvgIpc) is 1.62. The number of nitrogens with zero attached hydrogens (tertiary/aromatic N) is 1. The van der Waals surface area contributed by atoms with Crippen molar-refractivity contribution in [3.8, 4) is 0 Å². The molecule has 0 fully saturated rings. The van der Waals surface area contributed by atoms with Gasteiger partial charge in [0.25, 0.3) is 0 Å². The lowest BCUT2D eigenvalue weighted by Gasteiger charge is -2.27. The second-order valence-corrected chi connectivity index (χ2v) is 3.00. The fourth-order valence-corrected chi connectivity index (χ4v) is 0.472. The molecule has 0 saturated carbocycles. The molecule has 0 aliphatic heterocycles. The number of amides is 1. The monoisotopic (exact) mass is 131 g/mol. The molecule has 0 spiro atoms. The molecule has 1 N–H and O–H groups in total. The zero-order chi connectivity index (χ0) is 7.65. The summed E-state index contributed by atoms with van der Waals surface area (Å²) in [6.45, 7) is 6.60. The van der Waals surface area contributed by atoms with Gasteiger partial charge in [0.15, 0.2) is 0 Å². The number of hydrogen-bond acceptors (Lipinski definition) is 2. The molecule has 0 atom stereocenters. The molecule has 0 saturated heterocycles. The second kappa shape index (κ2) is 2.35. The van der Waals surface area contributed by atoms with Crippen LogP contribution in [0.5, 0.6) is 0 Å². The van der Waals surface area contributed by atoms with Crippen molar-refractivity contribution in [2.45, 2.75) is 33.2 Å². The molecule has 0 radical (unpaired) electrons. The molecular weight excluding hydrogens is 118 g/mol. The first-order valence-electron chi connectivity index (χ1n) is 2.85. The maximum Gasteiger partial charge on any atom is 0.243 e. The fraction of sp³-hybridized carbons (Fsp3) is 0.833. The van der Waals surface area contributed by atoms with E-state index in [1.54, 1.807) is 20.8 Å². The van der Waals surface area contributed by atoms with Gasteiger partial charge in [0.1, 0.15) is 0 Å². The predicted molar refractivity (Wildman–Crippen MR) is 34.1 cm³/mol. The van der Waals surface area contributed by atoms with E-state index in [1.165, 1.54) is 6.92 Å². The first-order chi connectivity index (χ1) is 3.85. The van der Waals surface area contributed by atoms with Crippen molar-refractivity contribution in [3.63, 3.8) is 0 Å². The highest BCUT2D eigenvalue weighted by atomic mass is 16.5. The van der Waals surface area contributed by atoms with Gasteiger partial charge in [0, 0.05) is 6.92 Å². The number of hydroxylamine groups is 2. The van der Waals surface area contributed by atoms with E-state index in [1.807, 2.05) is 0 Å².